The van der Waals surface area contributed by atoms with Crippen molar-refractivity contribution in [2.75, 3.05) is 13.2 Å². The predicted octanol–water partition coefficient (Wildman–Crippen LogP) is 2.75. The zero-order valence-corrected chi connectivity index (χ0v) is 9.42. The van der Waals surface area contributed by atoms with Gasteiger partial charge in [0.05, 0.1) is 18.3 Å². The van der Waals surface area contributed by atoms with Crippen LogP contribution in [-0.2, 0) is 10.9 Å². The SMILES string of the molecule is CC1COC(c2ccccc2C(F)(F)F)CN1. The summed E-state index contributed by atoms with van der Waals surface area (Å²) >= 11 is 0. The molecule has 0 spiro atoms. The van der Waals surface area contributed by atoms with Gasteiger partial charge in [-0.15, -0.1) is 0 Å². The number of ether oxygens (including phenoxy) is 1. The van der Waals surface area contributed by atoms with Gasteiger partial charge in [-0.3, -0.25) is 0 Å². The fourth-order valence-electron chi connectivity index (χ4n) is 1.92. The van der Waals surface area contributed by atoms with E-state index >= 15 is 0 Å². The Morgan fingerprint density at radius 3 is 2.59 bits per heavy atom. The Labute approximate surface area is 97.8 Å². The van der Waals surface area contributed by atoms with Gasteiger partial charge in [0.2, 0.25) is 0 Å². The number of halogens is 3. The van der Waals surface area contributed by atoms with Gasteiger partial charge in [-0.05, 0) is 18.6 Å². The molecule has 2 unspecified atom stereocenters. The molecule has 1 aromatic carbocycles. The highest BCUT2D eigenvalue weighted by Crippen LogP contribution is 2.35. The van der Waals surface area contributed by atoms with Crippen LogP contribution in [0.4, 0.5) is 13.2 Å². The second-order valence-corrected chi connectivity index (χ2v) is 4.22. The Kier molecular flexibility index (Phi) is 3.40. The summed E-state index contributed by atoms with van der Waals surface area (Å²) in [5, 5.41) is 3.12. The molecule has 0 bridgehead atoms. The first-order chi connectivity index (χ1) is 7.98. The molecule has 1 N–H and O–H groups in total. The first-order valence-corrected chi connectivity index (χ1v) is 5.49. The molecule has 1 heterocycles. The molecule has 1 fully saturated rings. The maximum Gasteiger partial charge on any atom is 0.416 e. The van der Waals surface area contributed by atoms with E-state index in [-0.39, 0.29) is 11.6 Å². The van der Waals surface area contributed by atoms with Crippen LogP contribution in [0, 0.1) is 0 Å². The van der Waals surface area contributed by atoms with Crippen LogP contribution >= 0.6 is 0 Å². The number of hydrogen-bond acceptors (Lipinski definition) is 2. The van der Waals surface area contributed by atoms with Crippen LogP contribution in [0.3, 0.4) is 0 Å². The van der Waals surface area contributed by atoms with Gasteiger partial charge in [0.15, 0.2) is 0 Å². The minimum Gasteiger partial charge on any atom is -0.371 e. The van der Waals surface area contributed by atoms with Crippen LogP contribution in [0.25, 0.3) is 0 Å². The van der Waals surface area contributed by atoms with Crippen molar-refractivity contribution in [2.24, 2.45) is 0 Å². The molecule has 17 heavy (non-hydrogen) atoms. The highest BCUT2D eigenvalue weighted by atomic mass is 19.4. The molecule has 0 radical (unpaired) electrons. The topological polar surface area (TPSA) is 21.3 Å². The smallest absolute Gasteiger partial charge is 0.371 e. The molecule has 2 rings (SSSR count). The van der Waals surface area contributed by atoms with E-state index in [9.17, 15) is 13.2 Å². The average Bonchev–Trinajstić information content (AvgIpc) is 2.29. The number of morpholine rings is 1. The first-order valence-electron chi connectivity index (χ1n) is 5.49. The minimum absolute atomic E-state index is 0.185. The van der Waals surface area contributed by atoms with Crippen molar-refractivity contribution in [1.29, 1.82) is 0 Å². The molecule has 5 heteroatoms. The molecule has 1 aliphatic rings. The third kappa shape index (κ3) is 2.79. The lowest BCUT2D eigenvalue weighted by atomic mass is 10.0. The first kappa shape index (κ1) is 12.4. The van der Waals surface area contributed by atoms with Gasteiger partial charge in [0.1, 0.15) is 0 Å². The van der Waals surface area contributed by atoms with Crippen molar-refractivity contribution in [3.8, 4) is 0 Å². The quantitative estimate of drug-likeness (QED) is 0.821. The number of hydrogen-bond donors (Lipinski definition) is 1. The van der Waals surface area contributed by atoms with Crippen LogP contribution in [0.15, 0.2) is 24.3 Å². The summed E-state index contributed by atoms with van der Waals surface area (Å²) in [6, 6.07) is 5.75. The molecule has 1 aromatic rings. The van der Waals surface area contributed by atoms with Crippen LogP contribution in [0.1, 0.15) is 24.2 Å². The Hall–Kier alpha value is -1.07. The van der Waals surface area contributed by atoms with Gasteiger partial charge in [-0.2, -0.15) is 13.2 Å². The van der Waals surface area contributed by atoms with E-state index in [4.69, 9.17) is 4.74 Å². The second kappa shape index (κ2) is 4.66. The lowest BCUT2D eigenvalue weighted by Gasteiger charge is -2.30. The van der Waals surface area contributed by atoms with E-state index in [1.807, 2.05) is 6.92 Å². The van der Waals surface area contributed by atoms with E-state index < -0.39 is 17.8 Å². The predicted molar refractivity (Wildman–Crippen MR) is 57.6 cm³/mol. The van der Waals surface area contributed by atoms with Gasteiger partial charge in [0, 0.05) is 12.6 Å². The van der Waals surface area contributed by atoms with Crippen molar-refractivity contribution in [2.45, 2.75) is 25.2 Å². The standard InChI is InChI=1S/C12H14F3NO/c1-8-7-17-11(6-16-8)9-4-2-3-5-10(9)12(13,14)15/h2-5,8,11,16H,6-7H2,1H3. The highest BCUT2D eigenvalue weighted by molar-refractivity contribution is 5.32. The van der Waals surface area contributed by atoms with Gasteiger partial charge >= 0.3 is 6.18 Å². The largest absolute Gasteiger partial charge is 0.416 e. The van der Waals surface area contributed by atoms with E-state index in [0.29, 0.717) is 13.2 Å². The molecular formula is C12H14F3NO. The van der Waals surface area contributed by atoms with Gasteiger partial charge < -0.3 is 10.1 Å². The maximum atomic E-state index is 12.8. The summed E-state index contributed by atoms with van der Waals surface area (Å²) < 4.78 is 43.9. The van der Waals surface area contributed by atoms with Crippen LogP contribution in [0.5, 0.6) is 0 Å². The van der Waals surface area contributed by atoms with Crippen LogP contribution in [-0.4, -0.2) is 19.2 Å². The lowest BCUT2D eigenvalue weighted by Crippen LogP contribution is -2.41. The molecule has 2 atom stereocenters. The zero-order valence-electron chi connectivity index (χ0n) is 9.42. The lowest BCUT2D eigenvalue weighted by molar-refractivity contribution is -0.140. The van der Waals surface area contributed by atoms with Crippen molar-refractivity contribution in [3.63, 3.8) is 0 Å². The normalized spacial score (nSPS) is 25.9. The van der Waals surface area contributed by atoms with Crippen molar-refractivity contribution in [3.05, 3.63) is 35.4 Å². The van der Waals surface area contributed by atoms with Gasteiger partial charge in [-0.1, -0.05) is 18.2 Å². The van der Waals surface area contributed by atoms with Crippen molar-refractivity contribution >= 4 is 0 Å². The molecule has 1 saturated heterocycles. The molecule has 94 valence electrons. The van der Waals surface area contributed by atoms with Crippen molar-refractivity contribution in [1.82, 2.24) is 5.32 Å². The van der Waals surface area contributed by atoms with E-state index in [1.54, 1.807) is 6.07 Å². The Morgan fingerprint density at radius 1 is 1.29 bits per heavy atom. The van der Waals surface area contributed by atoms with E-state index in [0.717, 1.165) is 6.07 Å². The average molecular weight is 245 g/mol. The number of rotatable bonds is 1. The van der Waals surface area contributed by atoms with E-state index in [1.165, 1.54) is 12.1 Å². The second-order valence-electron chi connectivity index (χ2n) is 4.22. The van der Waals surface area contributed by atoms with Crippen LogP contribution in [0.2, 0.25) is 0 Å². The zero-order chi connectivity index (χ0) is 12.5. The number of benzene rings is 1. The summed E-state index contributed by atoms with van der Waals surface area (Å²) in [7, 11) is 0. The molecule has 2 nitrogen and oxygen atoms in total. The molecule has 0 saturated carbocycles. The Balaban J connectivity index is 2.26. The summed E-state index contributed by atoms with van der Waals surface area (Å²) in [6.45, 7) is 2.77. The summed E-state index contributed by atoms with van der Waals surface area (Å²) in [6.07, 6.45) is -4.85. The maximum absolute atomic E-state index is 12.8. The Bertz CT molecular complexity index is 384. The molecule has 0 aliphatic carbocycles. The van der Waals surface area contributed by atoms with Gasteiger partial charge in [0.25, 0.3) is 0 Å². The molecule has 1 aliphatic heterocycles. The summed E-state index contributed by atoms with van der Waals surface area (Å²) in [4.78, 5) is 0. The fourth-order valence-corrected chi connectivity index (χ4v) is 1.92. The van der Waals surface area contributed by atoms with Crippen molar-refractivity contribution < 1.29 is 17.9 Å². The monoisotopic (exact) mass is 245 g/mol. The van der Waals surface area contributed by atoms with E-state index in [2.05, 4.69) is 5.32 Å². The third-order valence-electron chi connectivity index (χ3n) is 2.81. The molecule has 0 amide bonds. The van der Waals surface area contributed by atoms with Crippen LogP contribution < -0.4 is 5.32 Å². The third-order valence-corrected chi connectivity index (χ3v) is 2.81. The molecule has 0 aromatic heterocycles. The highest BCUT2D eigenvalue weighted by Gasteiger charge is 2.35. The fraction of sp³-hybridized carbons (Fsp3) is 0.500. The summed E-state index contributed by atoms with van der Waals surface area (Å²) in [5.74, 6) is 0. The summed E-state index contributed by atoms with van der Waals surface area (Å²) in [5.41, 5.74) is -0.402. The number of alkyl halides is 3. The minimum atomic E-state index is -4.33. The molecular weight excluding hydrogens is 231 g/mol. The Morgan fingerprint density at radius 2 is 2.00 bits per heavy atom. The number of nitrogens with one attached hydrogen (secondary N) is 1. The van der Waals surface area contributed by atoms with Gasteiger partial charge in [-0.25, -0.2) is 0 Å².